The minimum atomic E-state index is -0.787. The summed E-state index contributed by atoms with van der Waals surface area (Å²) in [5.74, 6) is -0.408. The van der Waals surface area contributed by atoms with Crippen LogP contribution < -0.4 is 11.1 Å². The molecule has 1 aliphatic carbocycles. The van der Waals surface area contributed by atoms with Crippen LogP contribution in [0.1, 0.15) is 24.3 Å². The fourth-order valence-electron chi connectivity index (χ4n) is 1.99. The van der Waals surface area contributed by atoms with Crippen molar-refractivity contribution in [2.24, 2.45) is 5.73 Å². The number of amides is 1. The molecule has 0 saturated heterocycles. The average molecular weight is 293 g/mol. The summed E-state index contributed by atoms with van der Waals surface area (Å²) in [6, 6.07) is 9.05. The van der Waals surface area contributed by atoms with Crippen LogP contribution in [0.4, 0.5) is 0 Å². The van der Waals surface area contributed by atoms with Gasteiger partial charge in [0.05, 0.1) is 11.6 Å². The number of carbonyl (C=O) groups is 1. The number of oxazole rings is 1. The summed E-state index contributed by atoms with van der Waals surface area (Å²) in [6.07, 6.45) is 2.53. The van der Waals surface area contributed by atoms with Gasteiger partial charge in [0.1, 0.15) is 22.8 Å². The Hall–Kier alpha value is -3.32. The molecular formula is C15H11N5O2. The van der Waals surface area contributed by atoms with Gasteiger partial charge in [0.2, 0.25) is 5.89 Å². The maximum absolute atomic E-state index is 11.9. The van der Waals surface area contributed by atoms with Gasteiger partial charge in [-0.25, -0.2) is 4.98 Å². The van der Waals surface area contributed by atoms with Crippen molar-refractivity contribution in [3.8, 4) is 12.1 Å². The minimum Gasteiger partial charge on any atom is -0.435 e. The van der Waals surface area contributed by atoms with Crippen LogP contribution >= 0.6 is 0 Å². The number of benzene rings is 1. The van der Waals surface area contributed by atoms with Crippen LogP contribution in [0, 0.1) is 22.7 Å². The van der Waals surface area contributed by atoms with E-state index < -0.39 is 11.4 Å². The molecular weight excluding hydrogens is 282 g/mol. The molecule has 1 heterocycles. The fourth-order valence-corrected chi connectivity index (χ4v) is 1.99. The van der Waals surface area contributed by atoms with Gasteiger partial charge in [-0.2, -0.15) is 10.5 Å². The number of nitrogens with two attached hydrogens (primary N) is 1. The molecule has 7 nitrogen and oxygen atoms in total. The summed E-state index contributed by atoms with van der Waals surface area (Å²) >= 11 is 0. The molecule has 108 valence electrons. The molecule has 1 saturated carbocycles. The third kappa shape index (κ3) is 2.36. The van der Waals surface area contributed by atoms with Gasteiger partial charge in [-0.1, -0.05) is 6.07 Å². The number of carbonyl (C=O) groups excluding carboxylic acids is 1. The van der Waals surface area contributed by atoms with Crippen LogP contribution in [0.2, 0.25) is 0 Å². The Morgan fingerprint density at radius 1 is 1.45 bits per heavy atom. The van der Waals surface area contributed by atoms with Gasteiger partial charge in [0, 0.05) is 6.08 Å². The van der Waals surface area contributed by atoms with Crippen molar-refractivity contribution in [2.45, 2.75) is 18.4 Å². The zero-order valence-corrected chi connectivity index (χ0v) is 11.5. The Bertz CT molecular complexity index is 877. The number of rotatable bonds is 3. The van der Waals surface area contributed by atoms with E-state index in [-0.39, 0.29) is 11.6 Å². The molecule has 0 radical (unpaired) electrons. The Labute approximate surface area is 125 Å². The molecule has 1 amide bonds. The Morgan fingerprint density at radius 3 is 2.86 bits per heavy atom. The molecule has 0 aliphatic heterocycles. The Balaban J connectivity index is 1.87. The second kappa shape index (κ2) is 4.90. The van der Waals surface area contributed by atoms with E-state index in [1.54, 1.807) is 18.2 Å². The van der Waals surface area contributed by atoms with Crippen LogP contribution in [0.15, 0.2) is 28.3 Å². The van der Waals surface area contributed by atoms with E-state index in [2.05, 4.69) is 10.3 Å². The predicted molar refractivity (Wildman–Crippen MR) is 76.6 cm³/mol. The van der Waals surface area contributed by atoms with Crippen molar-refractivity contribution < 1.29 is 9.21 Å². The van der Waals surface area contributed by atoms with Gasteiger partial charge in [-0.05, 0) is 25.0 Å². The van der Waals surface area contributed by atoms with E-state index >= 15 is 0 Å². The quantitative estimate of drug-likeness (QED) is 0.817. The third-order valence-electron chi connectivity index (χ3n) is 3.41. The first-order valence-electron chi connectivity index (χ1n) is 6.57. The largest absolute Gasteiger partial charge is 0.435 e. The summed E-state index contributed by atoms with van der Waals surface area (Å²) in [6.45, 7) is 0. The van der Waals surface area contributed by atoms with Gasteiger partial charge in [0.15, 0.2) is 5.58 Å². The minimum absolute atomic E-state index is 0.105. The lowest BCUT2D eigenvalue weighted by molar-refractivity contribution is -0.118. The molecule has 0 atom stereocenters. The monoisotopic (exact) mass is 293 g/mol. The van der Waals surface area contributed by atoms with Crippen LogP contribution in [0.25, 0.3) is 17.2 Å². The normalized spacial score (nSPS) is 15.8. The molecule has 0 spiro atoms. The number of nitrogens with zero attached hydrogens (tertiary/aromatic N) is 3. The summed E-state index contributed by atoms with van der Waals surface area (Å²) < 4.78 is 5.45. The molecule has 22 heavy (non-hydrogen) atoms. The maximum Gasteiger partial charge on any atom is 0.268 e. The topological polar surface area (TPSA) is 129 Å². The summed E-state index contributed by atoms with van der Waals surface area (Å²) in [7, 11) is 0. The van der Waals surface area contributed by atoms with Gasteiger partial charge in [-0.3, -0.25) is 4.79 Å². The highest BCUT2D eigenvalue weighted by Crippen LogP contribution is 2.34. The number of para-hydroxylation sites is 1. The summed E-state index contributed by atoms with van der Waals surface area (Å²) in [5, 5.41) is 20.5. The number of nitrogens with one attached hydrogen (secondary N) is 1. The lowest BCUT2D eigenvalue weighted by Crippen LogP contribution is -2.38. The molecule has 0 bridgehead atoms. The number of aromatic nitrogens is 1. The van der Waals surface area contributed by atoms with E-state index in [0.29, 0.717) is 29.5 Å². The van der Waals surface area contributed by atoms with Crippen LogP contribution in [0.3, 0.4) is 0 Å². The molecule has 1 aliphatic rings. The van der Waals surface area contributed by atoms with E-state index in [1.807, 2.05) is 12.1 Å². The molecule has 2 aromatic rings. The first kappa shape index (κ1) is 13.7. The van der Waals surface area contributed by atoms with Crippen molar-refractivity contribution in [3.05, 3.63) is 35.4 Å². The highest BCUT2D eigenvalue weighted by Gasteiger charge is 2.44. The summed E-state index contributed by atoms with van der Waals surface area (Å²) in [4.78, 5) is 16.1. The Morgan fingerprint density at radius 2 is 2.23 bits per heavy atom. The highest BCUT2D eigenvalue weighted by atomic mass is 16.3. The molecule has 3 N–H and O–H groups in total. The van der Waals surface area contributed by atoms with Gasteiger partial charge in [-0.15, -0.1) is 0 Å². The average Bonchev–Trinajstić information content (AvgIpc) is 3.17. The van der Waals surface area contributed by atoms with E-state index in [9.17, 15) is 4.79 Å². The smallest absolute Gasteiger partial charge is 0.268 e. The number of fused-ring (bicyclic) bond motifs is 1. The van der Waals surface area contributed by atoms with Crippen molar-refractivity contribution in [3.63, 3.8) is 0 Å². The second-order valence-corrected chi connectivity index (χ2v) is 5.07. The number of hydrogen-bond acceptors (Lipinski definition) is 6. The van der Waals surface area contributed by atoms with Crippen molar-refractivity contribution in [1.82, 2.24) is 10.3 Å². The zero-order valence-electron chi connectivity index (χ0n) is 11.5. The Kier molecular flexibility index (Phi) is 3.04. The van der Waals surface area contributed by atoms with Crippen molar-refractivity contribution in [2.75, 3.05) is 0 Å². The molecule has 3 rings (SSSR count). The molecule has 0 unspecified atom stereocenters. The molecule has 7 heteroatoms. The van der Waals surface area contributed by atoms with E-state index in [1.165, 1.54) is 6.08 Å². The van der Waals surface area contributed by atoms with Crippen molar-refractivity contribution in [1.29, 1.82) is 10.5 Å². The standard InChI is InChI=1S/C15H11N5O2/c16-7-9-2-1-3-11-13(9)22-12(19-11)6-10(18)14(21)20-15(8-17)4-5-15/h1-3,6H,4-5,18H2,(H,20,21). The lowest BCUT2D eigenvalue weighted by atomic mass is 10.2. The van der Waals surface area contributed by atoms with Gasteiger partial charge in [0.25, 0.3) is 5.91 Å². The molecule has 1 fully saturated rings. The summed E-state index contributed by atoms with van der Waals surface area (Å²) in [5.41, 5.74) is 6.03. The fraction of sp³-hybridized carbons (Fsp3) is 0.200. The zero-order chi connectivity index (χ0) is 15.7. The predicted octanol–water partition coefficient (Wildman–Crippen LogP) is 1.17. The number of nitriles is 2. The van der Waals surface area contributed by atoms with Crippen LogP contribution in [0.5, 0.6) is 0 Å². The number of hydrogen-bond donors (Lipinski definition) is 2. The van der Waals surface area contributed by atoms with E-state index in [0.717, 1.165) is 0 Å². The van der Waals surface area contributed by atoms with Gasteiger partial charge >= 0.3 is 0 Å². The van der Waals surface area contributed by atoms with Gasteiger partial charge < -0.3 is 15.5 Å². The van der Waals surface area contributed by atoms with E-state index in [4.69, 9.17) is 20.7 Å². The maximum atomic E-state index is 11.9. The van der Waals surface area contributed by atoms with Crippen LogP contribution in [-0.2, 0) is 4.79 Å². The first-order chi connectivity index (χ1) is 10.6. The first-order valence-corrected chi connectivity index (χ1v) is 6.57. The molecule has 1 aromatic heterocycles. The highest BCUT2D eigenvalue weighted by molar-refractivity contribution is 5.97. The second-order valence-electron chi connectivity index (χ2n) is 5.07. The third-order valence-corrected chi connectivity index (χ3v) is 3.41. The SMILES string of the molecule is N#Cc1cccc2nc(C=C(N)C(=O)NC3(C#N)CC3)oc12. The van der Waals surface area contributed by atoms with Crippen LogP contribution in [-0.4, -0.2) is 16.4 Å². The molecule has 1 aromatic carbocycles. The lowest BCUT2D eigenvalue weighted by Gasteiger charge is -2.08. The van der Waals surface area contributed by atoms with Crippen molar-refractivity contribution >= 4 is 23.1 Å².